The van der Waals surface area contributed by atoms with E-state index in [-0.39, 0.29) is 6.04 Å². The van der Waals surface area contributed by atoms with Crippen LogP contribution in [-0.2, 0) is 12.8 Å². The molecule has 1 atom stereocenters. The average molecular weight is 262 g/mol. The number of aromatic nitrogens is 3. The molecule has 2 heterocycles. The highest BCUT2D eigenvalue weighted by atomic mass is 32.1. The van der Waals surface area contributed by atoms with Crippen molar-refractivity contribution in [2.75, 3.05) is 0 Å². The standard InChI is InChI=1S/C13H18N4S/c1-3-10(14)6-11-4-5-15-13(17-11)7-12-8-18-9(2)16-12/h4-5,8,10H,3,6-7,14H2,1-2H3. The van der Waals surface area contributed by atoms with Crippen LogP contribution in [0.15, 0.2) is 17.6 Å². The molecular weight excluding hydrogens is 244 g/mol. The third kappa shape index (κ3) is 3.58. The van der Waals surface area contributed by atoms with Crippen molar-refractivity contribution >= 4 is 11.3 Å². The Labute approximate surface area is 111 Å². The normalized spacial score (nSPS) is 12.6. The van der Waals surface area contributed by atoms with Crippen molar-refractivity contribution in [1.82, 2.24) is 15.0 Å². The Morgan fingerprint density at radius 3 is 2.83 bits per heavy atom. The van der Waals surface area contributed by atoms with Gasteiger partial charge < -0.3 is 5.73 Å². The highest BCUT2D eigenvalue weighted by Crippen LogP contribution is 2.11. The van der Waals surface area contributed by atoms with Crippen molar-refractivity contribution in [2.24, 2.45) is 5.73 Å². The molecule has 2 rings (SSSR count). The van der Waals surface area contributed by atoms with Crippen molar-refractivity contribution in [1.29, 1.82) is 0 Å². The van der Waals surface area contributed by atoms with Crippen molar-refractivity contribution in [2.45, 2.75) is 39.2 Å². The quantitative estimate of drug-likeness (QED) is 0.896. The van der Waals surface area contributed by atoms with Crippen molar-refractivity contribution < 1.29 is 0 Å². The van der Waals surface area contributed by atoms with E-state index in [1.165, 1.54) is 0 Å². The first kappa shape index (κ1) is 13.1. The number of aryl methyl sites for hydroxylation is 1. The van der Waals surface area contributed by atoms with Crippen LogP contribution in [0, 0.1) is 6.92 Å². The van der Waals surface area contributed by atoms with E-state index in [0.717, 1.165) is 35.1 Å². The molecule has 0 amide bonds. The van der Waals surface area contributed by atoms with Crippen LogP contribution >= 0.6 is 11.3 Å². The molecule has 0 saturated carbocycles. The first-order valence-corrected chi connectivity index (χ1v) is 7.02. The van der Waals surface area contributed by atoms with E-state index in [2.05, 4.69) is 27.3 Å². The number of hydrogen-bond acceptors (Lipinski definition) is 5. The summed E-state index contributed by atoms with van der Waals surface area (Å²) in [5.74, 6) is 0.820. The minimum Gasteiger partial charge on any atom is -0.327 e. The molecule has 4 nitrogen and oxygen atoms in total. The van der Waals surface area contributed by atoms with Crippen LogP contribution < -0.4 is 5.73 Å². The van der Waals surface area contributed by atoms with Crippen LogP contribution in [0.1, 0.15) is 35.6 Å². The molecule has 18 heavy (non-hydrogen) atoms. The van der Waals surface area contributed by atoms with Crippen LogP contribution in [0.5, 0.6) is 0 Å². The SMILES string of the molecule is CCC(N)Cc1ccnc(Cc2csc(C)n2)n1. The van der Waals surface area contributed by atoms with Crippen LogP contribution in [0.25, 0.3) is 0 Å². The molecule has 0 aliphatic carbocycles. The molecule has 96 valence electrons. The zero-order valence-electron chi connectivity index (χ0n) is 10.8. The van der Waals surface area contributed by atoms with E-state index in [1.807, 2.05) is 13.0 Å². The highest BCUT2D eigenvalue weighted by molar-refractivity contribution is 7.09. The van der Waals surface area contributed by atoms with Gasteiger partial charge in [-0.3, -0.25) is 0 Å². The third-order valence-corrected chi connectivity index (χ3v) is 3.59. The molecule has 0 radical (unpaired) electrons. The Kier molecular flexibility index (Phi) is 4.38. The Balaban J connectivity index is 2.07. The Morgan fingerprint density at radius 1 is 1.33 bits per heavy atom. The van der Waals surface area contributed by atoms with Gasteiger partial charge in [0.1, 0.15) is 5.82 Å². The average Bonchev–Trinajstić information content (AvgIpc) is 2.75. The summed E-state index contributed by atoms with van der Waals surface area (Å²) in [4.78, 5) is 13.3. The van der Waals surface area contributed by atoms with Gasteiger partial charge in [0.15, 0.2) is 0 Å². The largest absolute Gasteiger partial charge is 0.327 e. The molecule has 2 aromatic heterocycles. The fourth-order valence-electron chi connectivity index (χ4n) is 1.70. The fraction of sp³-hybridized carbons (Fsp3) is 0.462. The maximum Gasteiger partial charge on any atom is 0.134 e. The molecule has 2 N–H and O–H groups in total. The molecule has 2 aromatic rings. The smallest absolute Gasteiger partial charge is 0.134 e. The summed E-state index contributed by atoms with van der Waals surface area (Å²) >= 11 is 1.66. The highest BCUT2D eigenvalue weighted by Gasteiger charge is 2.06. The maximum atomic E-state index is 5.94. The number of nitrogens with zero attached hydrogens (tertiary/aromatic N) is 3. The fourth-order valence-corrected chi connectivity index (χ4v) is 2.32. The van der Waals surface area contributed by atoms with Crippen molar-refractivity contribution in [3.05, 3.63) is 39.9 Å². The van der Waals surface area contributed by atoms with Crippen molar-refractivity contribution in [3.63, 3.8) is 0 Å². The number of hydrogen-bond donors (Lipinski definition) is 1. The molecule has 0 aliphatic rings. The van der Waals surface area contributed by atoms with Gasteiger partial charge in [-0.05, 0) is 19.4 Å². The second kappa shape index (κ2) is 6.02. The van der Waals surface area contributed by atoms with Crippen LogP contribution in [-0.4, -0.2) is 21.0 Å². The second-order valence-electron chi connectivity index (χ2n) is 4.37. The van der Waals surface area contributed by atoms with E-state index < -0.39 is 0 Å². The van der Waals surface area contributed by atoms with Gasteiger partial charge in [0.2, 0.25) is 0 Å². The molecule has 1 unspecified atom stereocenters. The Morgan fingerprint density at radius 2 is 2.17 bits per heavy atom. The molecule has 0 saturated heterocycles. The Hall–Kier alpha value is -1.33. The molecule has 0 bridgehead atoms. The van der Waals surface area contributed by atoms with Gasteiger partial charge in [-0.15, -0.1) is 11.3 Å². The minimum atomic E-state index is 0.175. The van der Waals surface area contributed by atoms with E-state index >= 15 is 0 Å². The summed E-state index contributed by atoms with van der Waals surface area (Å²) < 4.78 is 0. The topological polar surface area (TPSA) is 64.7 Å². The summed E-state index contributed by atoms with van der Waals surface area (Å²) in [5.41, 5.74) is 7.99. The second-order valence-corrected chi connectivity index (χ2v) is 5.43. The number of nitrogens with two attached hydrogens (primary N) is 1. The predicted octanol–water partition coefficient (Wildman–Crippen LogP) is 2.11. The summed E-state index contributed by atoms with van der Waals surface area (Å²) in [7, 11) is 0. The monoisotopic (exact) mass is 262 g/mol. The first-order valence-electron chi connectivity index (χ1n) is 6.14. The lowest BCUT2D eigenvalue weighted by molar-refractivity contribution is 0.633. The minimum absolute atomic E-state index is 0.175. The lowest BCUT2D eigenvalue weighted by atomic mass is 10.1. The van der Waals surface area contributed by atoms with E-state index in [9.17, 15) is 0 Å². The van der Waals surface area contributed by atoms with Gasteiger partial charge in [-0.25, -0.2) is 15.0 Å². The molecule has 0 aliphatic heterocycles. The van der Waals surface area contributed by atoms with Crippen LogP contribution in [0.2, 0.25) is 0 Å². The molecule has 5 heteroatoms. The van der Waals surface area contributed by atoms with Crippen LogP contribution in [0.3, 0.4) is 0 Å². The van der Waals surface area contributed by atoms with Gasteiger partial charge in [0, 0.05) is 29.7 Å². The lowest BCUT2D eigenvalue weighted by Gasteiger charge is -2.08. The molecule has 0 spiro atoms. The number of rotatable bonds is 5. The van der Waals surface area contributed by atoms with Gasteiger partial charge >= 0.3 is 0 Å². The van der Waals surface area contributed by atoms with Gasteiger partial charge in [0.05, 0.1) is 17.1 Å². The van der Waals surface area contributed by atoms with Gasteiger partial charge in [0.25, 0.3) is 0 Å². The Bertz CT molecular complexity index is 509. The zero-order valence-corrected chi connectivity index (χ0v) is 11.6. The zero-order chi connectivity index (χ0) is 13.0. The predicted molar refractivity (Wildman–Crippen MR) is 73.7 cm³/mol. The van der Waals surface area contributed by atoms with Gasteiger partial charge in [-0.1, -0.05) is 6.92 Å². The van der Waals surface area contributed by atoms with E-state index in [0.29, 0.717) is 6.42 Å². The van der Waals surface area contributed by atoms with Crippen LogP contribution in [0.4, 0.5) is 0 Å². The number of thiazole rings is 1. The summed E-state index contributed by atoms with van der Waals surface area (Å²) in [6.45, 7) is 4.09. The van der Waals surface area contributed by atoms with Crippen molar-refractivity contribution in [3.8, 4) is 0 Å². The molecular formula is C13H18N4S. The summed E-state index contributed by atoms with van der Waals surface area (Å²) in [6, 6.07) is 2.11. The van der Waals surface area contributed by atoms with E-state index in [4.69, 9.17) is 5.73 Å². The maximum absolute atomic E-state index is 5.94. The summed E-state index contributed by atoms with van der Waals surface area (Å²) in [6.07, 6.45) is 4.27. The summed E-state index contributed by atoms with van der Waals surface area (Å²) in [5, 5.41) is 3.14. The first-order chi connectivity index (χ1) is 8.67. The molecule has 0 fully saturated rings. The van der Waals surface area contributed by atoms with Gasteiger partial charge in [-0.2, -0.15) is 0 Å². The third-order valence-electron chi connectivity index (χ3n) is 2.76. The van der Waals surface area contributed by atoms with E-state index in [1.54, 1.807) is 17.5 Å². The lowest BCUT2D eigenvalue weighted by Crippen LogP contribution is -2.22. The molecule has 0 aromatic carbocycles.